The Morgan fingerprint density at radius 1 is 1.33 bits per heavy atom. The number of rotatable bonds is 3. The summed E-state index contributed by atoms with van der Waals surface area (Å²) < 4.78 is 20.1. The highest BCUT2D eigenvalue weighted by Gasteiger charge is 2.59. The normalized spacial score (nSPS) is 39.9. The predicted molar refractivity (Wildman–Crippen MR) is 60.9 cm³/mol. The van der Waals surface area contributed by atoms with Crippen molar-refractivity contribution >= 4 is 7.52 Å². The lowest BCUT2D eigenvalue weighted by atomic mass is 10.0. The molecule has 1 aliphatic rings. The summed E-state index contributed by atoms with van der Waals surface area (Å²) in [5, 5.41) is 9.02. The van der Waals surface area contributed by atoms with E-state index >= 15 is 0 Å². The molecule has 5 heteroatoms. The van der Waals surface area contributed by atoms with Gasteiger partial charge in [0.25, 0.3) is 0 Å². The maximum Gasteiger partial charge on any atom is 0.303 e. The minimum atomic E-state index is -3.12. The van der Waals surface area contributed by atoms with Gasteiger partial charge in [-0.2, -0.15) is 0 Å². The molecule has 90 valence electrons. The van der Waals surface area contributed by atoms with Crippen LogP contribution in [0.3, 0.4) is 0 Å². The number of nitrogens with zero attached hydrogens (tertiary/aromatic N) is 1. The van der Waals surface area contributed by atoms with Gasteiger partial charge in [-0.05, 0) is 20.8 Å². The molecule has 0 aromatic rings. The Morgan fingerprint density at radius 2 is 1.80 bits per heavy atom. The van der Waals surface area contributed by atoms with Crippen molar-refractivity contribution in [1.29, 1.82) is 0 Å². The zero-order valence-electron chi connectivity index (χ0n) is 10.3. The molecule has 0 aliphatic carbocycles. The fourth-order valence-electron chi connectivity index (χ4n) is 2.33. The summed E-state index contributed by atoms with van der Waals surface area (Å²) in [5.74, 6) is 0. The lowest BCUT2D eigenvalue weighted by Gasteiger charge is -2.33. The molecule has 15 heavy (non-hydrogen) atoms. The van der Waals surface area contributed by atoms with Crippen LogP contribution >= 0.6 is 7.52 Å². The van der Waals surface area contributed by atoms with Crippen LogP contribution in [0.2, 0.25) is 0 Å². The summed E-state index contributed by atoms with van der Waals surface area (Å²) in [5.41, 5.74) is -0.512. The van der Waals surface area contributed by atoms with E-state index in [1.165, 1.54) is 0 Å². The molecule has 4 nitrogen and oxygen atoms in total. The zero-order valence-corrected chi connectivity index (χ0v) is 11.2. The van der Waals surface area contributed by atoms with E-state index in [1.807, 2.05) is 27.7 Å². The predicted octanol–water partition coefficient (Wildman–Crippen LogP) is 2.43. The molecule has 0 radical (unpaired) electrons. The van der Waals surface area contributed by atoms with Gasteiger partial charge in [0, 0.05) is 19.5 Å². The van der Waals surface area contributed by atoms with Crippen molar-refractivity contribution in [2.24, 2.45) is 0 Å². The highest BCUT2D eigenvalue weighted by molar-refractivity contribution is 7.58. The molecule has 2 atom stereocenters. The van der Waals surface area contributed by atoms with Crippen molar-refractivity contribution in [3.63, 3.8) is 0 Å². The van der Waals surface area contributed by atoms with E-state index in [1.54, 1.807) is 11.6 Å². The zero-order chi connectivity index (χ0) is 11.9. The van der Waals surface area contributed by atoms with Crippen LogP contribution in [-0.2, 0) is 9.09 Å². The van der Waals surface area contributed by atoms with Gasteiger partial charge in [0.1, 0.15) is 0 Å². The van der Waals surface area contributed by atoms with E-state index < -0.39 is 18.5 Å². The second-order valence-corrected chi connectivity index (χ2v) is 7.66. The standard InChI is InChI=1S/C10H22NO3P/c1-6-11(7-2)15(13)10(5,12)8-9(3,4)14-15/h12H,6-8H2,1-5H3/t10-,15-/m1/s1. The van der Waals surface area contributed by atoms with Crippen molar-refractivity contribution in [2.45, 2.75) is 52.0 Å². The first-order valence-electron chi connectivity index (χ1n) is 5.47. The number of hydrogen-bond acceptors (Lipinski definition) is 3. The SMILES string of the molecule is CCN(CC)[P@]1(=O)OC(C)(C)C[C@]1(C)O. The Balaban J connectivity index is 3.07. The summed E-state index contributed by atoms with van der Waals surface area (Å²) >= 11 is 0. The summed E-state index contributed by atoms with van der Waals surface area (Å²) in [4.78, 5) is 0. The van der Waals surface area contributed by atoms with Crippen molar-refractivity contribution < 1.29 is 14.2 Å². The van der Waals surface area contributed by atoms with Crippen LogP contribution in [0.5, 0.6) is 0 Å². The van der Waals surface area contributed by atoms with Crippen LogP contribution in [0.25, 0.3) is 0 Å². The first-order valence-corrected chi connectivity index (χ1v) is 7.05. The molecule has 0 unspecified atom stereocenters. The molecule has 0 spiro atoms. The third-order valence-corrected chi connectivity index (χ3v) is 6.27. The van der Waals surface area contributed by atoms with Crippen LogP contribution < -0.4 is 0 Å². The van der Waals surface area contributed by atoms with Crippen molar-refractivity contribution in [1.82, 2.24) is 4.67 Å². The van der Waals surface area contributed by atoms with Crippen LogP contribution in [0.1, 0.15) is 41.0 Å². The van der Waals surface area contributed by atoms with Crippen LogP contribution in [0, 0.1) is 0 Å². The molecule has 0 aromatic heterocycles. The van der Waals surface area contributed by atoms with Gasteiger partial charge in [-0.15, -0.1) is 0 Å². The van der Waals surface area contributed by atoms with Gasteiger partial charge in [-0.25, -0.2) is 4.67 Å². The minimum absolute atomic E-state index is 0.410. The topological polar surface area (TPSA) is 49.8 Å². The Kier molecular flexibility index (Phi) is 3.38. The Morgan fingerprint density at radius 3 is 2.07 bits per heavy atom. The molecule has 1 N–H and O–H groups in total. The Hall–Kier alpha value is 0.110. The van der Waals surface area contributed by atoms with Gasteiger partial charge in [0.05, 0.1) is 5.60 Å². The fourth-order valence-corrected chi connectivity index (χ4v) is 5.31. The molecule has 0 amide bonds. The highest BCUT2D eigenvalue weighted by Crippen LogP contribution is 2.70. The van der Waals surface area contributed by atoms with Crippen LogP contribution in [-0.4, -0.2) is 33.8 Å². The van der Waals surface area contributed by atoms with E-state index in [0.717, 1.165) is 0 Å². The molecule has 1 aliphatic heterocycles. The van der Waals surface area contributed by atoms with E-state index in [0.29, 0.717) is 19.5 Å². The first-order chi connectivity index (χ1) is 6.68. The van der Waals surface area contributed by atoms with E-state index in [2.05, 4.69) is 0 Å². The molecular formula is C10H22NO3P. The molecule has 0 aromatic carbocycles. The van der Waals surface area contributed by atoms with Gasteiger partial charge < -0.3 is 9.63 Å². The van der Waals surface area contributed by atoms with Crippen molar-refractivity contribution in [3.05, 3.63) is 0 Å². The molecular weight excluding hydrogens is 213 g/mol. The van der Waals surface area contributed by atoms with E-state index in [4.69, 9.17) is 4.52 Å². The van der Waals surface area contributed by atoms with Gasteiger partial charge >= 0.3 is 7.52 Å². The summed E-state index contributed by atoms with van der Waals surface area (Å²) in [7, 11) is -3.12. The molecule has 0 bridgehead atoms. The number of aliphatic hydroxyl groups is 1. The summed E-state index contributed by atoms with van der Waals surface area (Å²) in [6.07, 6.45) is 0.410. The quantitative estimate of drug-likeness (QED) is 0.763. The van der Waals surface area contributed by atoms with E-state index in [-0.39, 0.29) is 0 Å². The maximum absolute atomic E-state index is 12.7. The second kappa shape index (κ2) is 3.85. The van der Waals surface area contributed by atoms with Crippen LogP contribution in [0.4, 0.5) is 0 Å². The summed E-state index contributed by atoms with van der Waals surface area (Å²) in [6, 6.07) is 0. The summed E-state index contributed by atoms with van der Waals surface area (Å²) in [6.45, 7) is 10.4. The maximum atomic E-state index is 12.7. The smallest absolute Gasteiger partial charge is 0.303 e. The molecule has 0 saturated carbocycles. The van der Waals surface area contributed by atoms with Gasteiger partial charge in [0.2, 0.25) is 0 Å². The molecule has 1 rings (SSSR count). The molecule has 1 saturated heterocycles. The largest absolute Gasteiger partial charge is 0.378 e. The van der Waals surface area contributed by atoms with Gasteiger partial charge in [-0.1, -0.05) is 13.8 Å². The molecule has 1 fully saturated rings. The lowest BCUT2D eigenvalue weighted by Crippen LogP contribution is -2.31. The van der Waals surface area contributed by atoms with Gasteiger partial charge in [0.15, 0.2) is 5.34 Å². The average Bonchev–Trinajstić information content (AvgIpc) is 2.18. The number of hydrogen-bond donors (Lipinski definition) is 1. The molecule has 1 heterocycles. The Labute approximate surface area is 92.1 Å². The lowest BCUT2D eigenvalue weighted by molar-refractivity contribution is 0.0930. The average molecular weight is 235 g/mol. The van der Waals surface area contributed by atoms with Crippen molar-refractivity contribution in [2.75, 3.05) is 13.1 Å². The highest BCUT2D eigenvalue weighted by atomic mass is 31.2. The van der Waals surface area contributed by atoms with E-state index in [9.17, 15) is 9.67 Å². The third kappa shape index (κ3) is 2.14. The monoisotopic (exact) mass is 235 g/mol. The fraction of sp³-hybridized carbons (Fsp3) is 1.00. The van der Waals surface area contributed by atoms with Gasteiger partial charge in [-0.3, -0.25) is 4.57 Å². The third-order valence-electron chi connectivity index (χ3n) is 2.84. The van der Waals surface area contributed by atoms with Crippen LogP contribution in [0.15, 0.2) is 0 Å². The second-order valence-electron chi connectivity index (χ2n) is 4.90. The Bertz CT molecular complexity index is 284. The minimum Gasteiger partial charge on any atom is -0.378 e. The van der Waals surface area contributed by atoms with Crippen molar-refractivity contribution in [3.8, 4) is 0 Å². The first kappa shape index (κ1) is 13.2.